The van der Waals surface area contributed by atoms with Crippen molar-refractivity contribution < 1.29 is 0 Å². The molecule has 4 heteroatoms. The molecule has 0 saturated carbocycles. The minimum absolute atomic E-state index is 0.503. The largest absolute Gasteiger partial charge is 0.296 e. The van der Waals surface area contributed by atoms with Gasteiger partial charge in [0.15, 0.2) is 0 Å². The van der Waals surface area contributed by atoms with E-state index in [1.165, 1.54) is 0 Å². The van der Waals surface area contributed by atoms with Crippen LogP contribution in [0, 0.1) is 12.8 Å². The zero-order chi connectivity index (χ0) is 12.3. The van der Waals surface area contributed by atoms with Crippen molar-refractivity contribution in [2.75, 3.05) is 7.05 Å². The first-order chi connectivity index (χ1) is 7.40. The molecule has 1 unspecified atom stereocenters. The third-order valence-corrected chi connectivity index (χ3v) is 3.11. The molecule has 3 nitrogen and oxygen atoms in total. The van der Waals surface area contributed by atoms with E-state index < -0.39 is 0 Å². The van der Waals surface area contributed by atoms with E-state index in [0.717, 1.165) is 18.1 Å². The smallest absolute Gasteiger partial charge is 0.144 e. The number of rotatable bonds is 4. The summed E-state index contributed by atoms with van der Waals surface area (Å²) in [6.45, 7) is 9.31. The maximum absolute atomic E-state index is 5.91. The van der Waals surface area contributed by atoms with Crippen LogP contribution in [0.2, 0.25) is 5.15 Å². The fraction of sp³-hybridized carbons (Fsp3) is 0.667. The van der Waals surface area contributed by atoms with Crippen LogP contribution in [0.15, 0.2) is 6.07 Å². The molecular formula is C12H20ClN3. The second-order valence-corrected chi connectivity index (χ2v) is 5.04. The van der Waals surface area contributed by atoms with E-state index in [2.05, 4.69) is 42.7 Å². The van der Waals surface area contributed by atoms with Gasteiger partial charge in [0.05, 0.1) is 6.54 Å². The number of nitrogens with zero attached hydrogens (tertiary/aromatic N) is 3. The summed E-state index contributed by atoms with van der Waals surface area (Å²) >= 11 is 5.91. The summed E-state index contributed by atoms with van der Waals surface area (Å²) in [5.41, 5.74) is 0.917. The summed E-state index contributed by atoms with van der Waals surface area (Å²) in [4.78, 5) is 10.9. The highest BCUT2D eigenvalue weighted by molar-refractivity contribution is 6.29. The summed E-state index contributed by atoms with van der Waals surface area (Å²) in [5, 5.41) is 0.521. The Labute approximate surface area is 103 Å². The van der Waals surface area contributed by atoms with Crippen molar-refractivity contribution in [2.45, 2.75) is 40.3 Å². The predicted molar refractivity (Wildman–Crippen MR) is 67.5 cm³/mol. The monoisotopic (exact) mass is 241 g/mol. The maximum Gasteiger partial charge on any atom is 0.144 e. The van der Waals surface area contributed by atoms with E-state index in [4.69, 9.17) is 11.6 Å². The number of hydrogen-bond donors (Lipinski definition) is 0. The Morgan fingerprint density at radius 1 is 1.31 bits per heavy atom. The van der Waals surface area contributed by atoms with Crippen LogP contribution in [0.25, 0.3) is 0 Å². The van der Waals surface area contributed by atoms with E-state index in [9.17, 15) is 0 Å². The quantitative estimate of drug-likeness (QED) is 0.759. The average molecular weight is 242 g/mol. The molecule has 0 aliphatic carbocycles. The Bertz CT molecular complexity index is 332. The third kappa shape index (κ3) is 3.72. The molecule has 1 aromatic heterocycles. The molecular weight excluding hydrogens is 222 g/mol. The molecule has 0 radical (unpaired) electrons. The number of hydrogen-bond acceptors (Lipinski definition) is 3. The number of aryl methyl sites for hydroxylation is 1. The van der Waals surface area contributed by atoms with E-state index in [1.807, 2.05) is 6.92 Å². The lowest BCUT2D eigenvalue weighted by molar-refractivity contribution is 0.196. The minimum atomic E-state index is 0.503. The van der Waals surface area contributed by atoms with Crippen LogP contribution in [0.4, 0.5) is 0 Å². The molecule has 0 saturated heterocycles. The predicted octanol–water partition coefficient (Wildman–Crippen LogP) is 2.91. The van der Waals surface area contributed by atoms with Crippen LogP contribution in [-0.4, -0.2) is 28.0 Å². The molecule has 1 aromatic rings. The molecule has 1 rings (SSSR count). The Kier molecular flexibility index (Phi) is 4.69. The Morgan fingerprint density at radius 2 is 1.94 bits per heavy atom. The molecule has 1 heterocycles. The molecule has 0 aliphatic rings. The van der Waals surface area contributed by atoms with Gasteiger partial charge < -0.3 is 0 Å². The molecule has 0 bridgehead atoms. The summed E-state index contributed by atoms with van der Waals surface area (Å²) in [5.74, 6) is 1.41. The third-order valence-electron chi connectivity index (χ3n) is 2.92. The molecule has 0 N–H and O–H groups in total. The van der Waals surface area contributed by atoms with Gasteiger partial charge in [-0.05, 0) is 32.9 Å². The van der Waals surface area contributed by atoms with Gasteiger partial charge in [-0.1, -0.05) is 25.4 Å². The minimum Gasteiger partial charge on any atom is -0.296 e. The first-order valence-electron chi connectivity index (χ1n) is 5.60. The fourth-order valence-corrected chi connectivity index (χ4v) is 1.79. The van der Waals surface area contributed by atoms with E-state index >= 15 is 0 Å². The van der Waals surface area contributed by atoms with Gasteiger partial charge in [-0.2, -0.15) is 0 Å². The second-order valence-electron chi connectivity index (χ2n) is 4.65. The highest BCUT2D eigenvalue weighted by Gasteiger charge is 2.14. The SMILES string of the molecule is Cc1cc(Cl)nc(CN(C)C(C)C(C)C)n1. The fourth-order valence-electron chi connectivity index (χ4n) is 1.54. The first-order valence-corrected chi connectivity index (χ1v) is 5.98. The highest BCUT2D eigenvalue weighted by Crippen LogP contribution is 2.12. The zero-order valence-electron chi connectivity index (χ0n) is 10.7. The van der Waals surface area contributed by atoms with E-state index in [0.29, 0.717) is 17.1 Å². The van der Waals surface area contributed by atoms with Gasteiger partial charge in [0.1, 0.15) is 11.0 Å². The Morgan fingerprint density at radius 3 is 2.44 bits per heavy atom. The first kappa shape index (κ1) is 13.4. The van der Waals surface area contributed by atoms with Gasteiger partial charge in [0.25, 0.3) is 0 Å². The second kappa shape index (κ2) is 5.60. The van der Waals surface area contributed by atoms with Crippen LogP contribution in [0.1, 0.15) is 32.3 Å². The van der Waals surface area contributed by atoms with Crippen molar-refractivity contribution in [2.24, 2.45) is 5.92 Å². The van der Waals surface area contributed by atoms with Crippen LogP contribution < -0.4 is 0 Å². The van der Waals surface area contributed by atoms with Crippen molar-refractivity contribution in [3.8, 4) is 0 Å². The molecule has 0 aliphatic heterocycles. The summed E-state index contributed by atoms with van der Waals surface area (Å²) in [6, 6.07) is 2.28. The van der Waals surface area contributed by atoms with Crippen LogP contribution >= 0.6 is 11.6 Å². The van der Waals surface area contributed by atoms with Gasteiger partial charge in [0.2, 0.25) is 0 Å². The lowest BCUT2D eigenvalue weighted by atomic mass is 10.1. The normalized spacial score (nSPS) is 13.5. The van der Waals surface area contributed by atoms with Gasteiger partial charge in [-0.25, -0.2) is 9.97 Å². The number of halogens is 1. The molecule has 1 atom stereocenters. The van der Waals surface area contributed by atoms with Gasteiger partial charge in [-0.3, -0.25) is 4.90 Å². The average Bonchev–Trinajstić information content (AvgIpc) is 2.14. The highest BCUT2D eigenvalue weighted by atomic mass is 35.5. The molecule has 90 valence electrons. The Balaban J connectivity index is 2.72. The van der Waals surface area contributed by atoms with Crippen molar-refractivity contribution >= 4 is 11.6 Å². The van der Waals surface area contributed by atoms with Crippen molar-refractivity contribution in [1.29, 1.82) is 0 Å². The van der Waals surface area contributed by atoms with Crippen molar-refractivity contribution in [3.05, 3.63) is 22.7 Å². The topological polar surface area (TPSA) is 29.0 Å². The summed E-state index contributed by atoms with van der Waals surface area (Å²) < 4.78 is 0. The lowest BCUT2D eigenvalue weighted by Gasteiger charge is -2.27. The van der Waals surface area contributed by atoms with E-state index in [-0.39, 0.29) is 0 Å². The number of aromatic nitrogens is 2. The summed E-state index contributed by atoms with van der Waals surface area (Å²) in [7, 11) is 2.09. The maximum atomic E-state index is 5.91. The van der Waals surface area contributed by atoms with Crippen molar-refractivity contribution in [3.63, 3.8) is 0 Å². The van der Waals surface area contributed by atoms with Gasteiger partial charge in [-0.15, -0.1) is 0 Å². The van der Waals surface area contributed by atoms with Gasteiger partial charge in [0, 0.05) is 11.7 Å². The van der Waals surface area contributed by atoms with E-state index in [1.54, 1.807) is 6.07 Å². The lowest BCUT2D eigenvalue weighted by Crippen LogP contribution is -2.33. The standard InChI is InChI=1S/C12H20ClN3/c1-8(2)10(4)16(5)7-12-14-9(3)6-11(13)15-12/h6,8,10H,7H2,1-5H3. The Hall–Kier alpha value is -0.670. The summed E-state index contributed by atoms with van der Waals surface area (Å²) in [6.07, 6.45) is 0. The van der Waals surface area contributed by atoms with Crippen molar-refractivity contribution in [1.82, 2.24) is 14.9 Å². The molecule has 16 heavy (non-hydrogen) atoms. The van der Waals surface area contributed by atoms with Crippen LogP contribution in [-0.2, 0) is 6.54 Å². The molecule has 0 amide bonds. The molecule has 0 spiro atoms. The molecule has 0 aromatic carbocycles. The van der Waals surface area contributed by atoms with Crippen LogP contribution in [0.5, 0.6) is 0 Å². The zero-order valence-corrected chi connectivity index (χ0v) is 11.4. The molecule has 0 fully saturated rings. The van der Waals surface area contributed by atoms with Gasteiger partial charge >= 0.3 is 0 Å². The van der Waals surface area contributed by atoms with Crippen LogP contribution in [0.3, 0.4) is 0 Å².